The second-order valence-corrected chi connectivity index (χ2v) is 4.39. The Balaban J connectivity index is 5.51. The average molecular weight is 252 g/mol. The predicted octanol–water partition coefficient (Wildman–Crippen LogP) is 4.07. The average Bonchev–Trinajstić information content (AvgIpc) is 1.93. The van der Waals surface area contributed by atoms with Gasteiger partial charge in [-0.2, -0.15) is 26.3 Å². The maximum atomic E-state index is 12.6. The van der Waals surface area contributed by atoms with Crippen molar-refractivity contribution < 1.29 is 31.1 Å². The molecule has 0 aliphatic rings. The van der Waals surface area contributed by atoms with Crippen molar-refractivity contribution in [1.29, 1.82) is 0 Å². The van der Waals surface area contributed by atoms with Crippen LogP contribution in [0.2, 0.25) is 0 Å². The van der Waals surface area contributed by atoms with E-state index in [9.17, 15) is 26.3 Å². The van der Waals surface area contributed by atoms with E-state index < -0.39 is 30.0 Å². The van der Waals surface area contributed by atoms with Crippen molar-refractivity contribution in [2.45, 2.75) is 57.7 Å². The maximum absolute atomic E-state index is 12.6. The summed E-state index contributed by atoms with van der Waals surface area (Å²) >= 11 is 0. The van der Waals surface area contributed by atoms with Crippen molar-refractivity contribution in [3.8, 4) is 0 Å². The van der Waals surface area contributed by atoms with E-state index in [0.29, 0.717) is 0 Å². The van der Waals surface area contributed by atoms with Crippen molar-refractivity contribution in [2.75, 3.05) is 0 Å². The molecule has 0 unspecified atom stereocenters. The van der Waals surface area contributed by atoms with Crippen LogP contribution >= 0.6 is 0 Å². The van der Waals surface area contributed by atoms with Gasteiger partial charge in [0.1, 0.15) is 0 Å². The molecule has 0 N–H and O–H groups in total. The Labute approximate surface area is 89.8 Å². The van der Waals surface area contributed by atoms with Gasteiger partial charge in [0.2, 0.25) is 0 Å². The molecule has 0 atom stereocenters. The second-order valence-electron chi connectivity index (χ2n) is 4.39. The topological polar surface area (TPSA) is 9.23 Å². The monoisotopic (exact) mass is 252 g/mol. The van der Waals surface area contributed by atoms with Gasteiger partial charge in [-0.1, -0.05) is 6.92 Å². The lowest BCUT2D eigenvalue weighted by atomic mass is 9.97. The minimum Gasteiger partial charge on any atom is -0.352 e. The molecule has 0 saturated heterocycles. The zero-order chi connectivity index (χ0) is 13.4. The van der Waals surface area contributed by atoms with Crippen LogP contribution < -0.4 is 0 Å². The van der Waals surface area contributed by atoms with Gasteiger partial charge in [-0.3, -0.25) is 0 Å². The Bertz CT molecular complexity index is 220. The number of hydrogen-bond donors (Lipinski definition) is 0. The fourth-order valence-corrected chi connectivity index (χ4v) is 1.27. The van der Waals surface area contributed by atoms with E-state index in [0.717, 1.165) is 27.7 Å². The molecular weight excluding hydrogens is 238 g/mol. The van der Waals surface area contributed by atoms with Gasteiger partial charge in [-0.25, -0.2) is 0 Å². The highest BCUT2D eigenvalue weighted by Crippen LogP contribution is 2.49. The molecular formula is C9H14F6O. The van der Waals surface area contributed by atoms with Crippen LogP contribution in [0.3, 0.4) is 0 Å². The molecule has 0 radical (unpaired) electrons. The standard InChI is InChI=1S/C9H14F6O/c1-5-7(8(10,11)12,9(13,14)15)16-6(2,3)4/h5H2,1-4H3. The molecule has 0 heterocycles. The van der Waals surface area contributed by atoms with Crippen molar-refractivity contribution in [1.82, 2.24) is 0 Å². The first-order valence-electron chi connectivity index (χ1n) is 4.60. The summed E-state index contributed by atoms with van der Waals surface area (Å²) in [5.41, 5.74) is -5.64. The third-order valence-electron chi connectivity index (χ3n) is 1.89. The minimum atomic E-state index is -5.49. The number of ether oxygens (including phenoxy) is 1. The first-order chi connectivity index (χ1) is 6.77. The van der Waals surface area contributed by atoms with E-state index >= 15 is 0 Å². The highest BCUT2D eigenvalue weighted by Gasteiger charge is 2.72. The van der Waals surface area contributed by atoms with Gasteiger partial charge in [0, 0.05) is 0 Å². The molecule has 0 rings (SSSR count). The van der Waals surface area contributed by atoms with Crippen LogP contribution in [0.5, 0.6) is 0 Å². The van der Waals surface area contributed by atoms with Gasteiger partial charge in [-0.05, 0) is 27.2 Å². The molecule has 7 heteroatoms. The number of alkyl halides is 6. The summed E-state index contributed by atoms with van der Waals surface area (Å²) in [6.07, 6.45) is -12.2. The third kappa shape index (κ3) is 3.02. The largest absolute Gasteiger partial charge is 0.426 e. The molecule has 0 saturated carbocycles. The Morgan fingerprint density at radius 2 is 1.12 bits per heavy atom. The second kappa shape index (κ2) is 4.09. The lowest BCUT2D eigenvalue weighted by Crippen LogP contribution is -2.60. The molecule has 98 valence electrons. The summed E-state index contributed by atoms with van der Waals surface area (Å²) in [5.74, 6) is 0. The summed E-state index contributed by atoms with van der Waals surface area (Å²) in [7, 11) is 0. The summed E-state index contributed by atoms with van der Waals surface area (Å²) in [6, 6.07) is 0. The van der Waals surface area contributed by atoms with Crippen LogP contribution in [0, 0.1) is 0 Å². The van der Waals surface area contributed by atoms with Gasteiger partial charge < -0.3 is 4.74 Å². The molecule has 16 heavy (non-hydrogen) atoms. The fourth-order valence-electron chi connectivity index (χ4n) is 1.27. The van der Waals surface area contributed by atoms with Crippen LogP contribution in [0.15, 0.2) is 0 Å². The Hall–Kier alpha value is -0.460. The number of hydrogen-bond acceptors (Lipinski definition) is 1. The quantitative estimate of drug-likeness (QED) is 0.673. The number of halogens is 6. The first kappa shape index (κ1) is 15.5. The molecule has 0 fully saturated rings. The molecule has 0 aromatic carbocycles. The highest BCUT2D eigenvalue weighted by atomic mass is 19.4. The number of rotatable bonds is 2. The van der Waals surface area contributed by atoms with Gasteiger partial charge in [0.15, 0.2) is 0 Å². The van der Waals surface area contributed by atoms with Gasteiger partial charge in [-0.15, -0.1) is 0 Å². The molecule has 0 aromatic rings. The van der Waals surface area contributed by atoms with Gasteiger partial charge in [0.05, 0.1) is 5.60 Å². The van der Waals surface area contributed by atoms with Gasteiger partial charge >= 0.3 is 12.4 Å². The fraction of sp³-hybridized carbons (Fsp3) is 1.00. The van der Waals surface area contributed by atoms with Crippen molar-refractivity contribution in [3.05, 3.63) is 0 Å². The molecule has 0 spiro atoms. The van der Waals surface area contributed by atoms with Crippen LogP contribution in [-0.4, -0.2) is 23.6 Å². The van der Waals surface area contributed by atoms with E-state index in [1.807, 2.05) is 0 Å². The summed E-state index contributed by atoms with van der Waals surface area (Å²) in [4.78, 5) is 0. The van der Waals surface area contributed by atoms with Crippen LogP contribution in [-0.2, 0) is 4.74 Å². The van der Waals surface area contributed by atoms with E-state index in [-0.39, 0.29) is 0 Å². The molecule has 1 nitrogen and oxygen atoms in total. The molecule has 0 aliphatic carbocycles. The van der Waals surface area contributed by atoms with E-state index in [4.69, 9.17) is 0 Å². The molecule has 0 bridgehead atoms. The third-order valence-corrected chi connectivity index (χ3v) is 1.89. The van der Waals surface area contributed by atoms with E-state index in [1.54, 1.807) is 0 Å². The zero-order valence-electron chi connectivity index (χ0n) is 9.38. The first-order valence-corrected chi connectivity index (χ1v) is 4.60. The normalized spacial score (nSPS) is 15.4. The smallest absolute Gasteiger partial charge is 0.352 e. The summed E-state index contributed by atoms with van der Waals surface area (Å²) in [6.45, 7) is 4.24. The molecule has 0 aliphatic heterocycles. The van der Waals surface area contributed by atoms with Gasteiger partial charge in [0.25, 0.3) is 5.60 Å². The predicted molar refractivity (Wildman–Crippen MR) is 46.0 cm³/mol. The van der Waals surface area contributed by atoms with Crippen LogP contribution in [0.25, 0.3) is 0 Å². The van der Waals surface area contributed by atoms with Crippen molar-refractivity contribution in [2.24, 2.45) is 0 Å². The maximum Gasteiger partial charge on any atom is 0.426 e. The van der Waals surface area contributed by atoms with Crippen LogP contribution in [0.1, 0.15) is 34.1 Å². The molecule has 0 aromatic heterocycles. The van der Waals surface area contributed by atoms with E-state index in [2.05, 4.69) is 4.74 Å². The Morgan fingerprint density at radius 3 is 1.19 bits per heavy atom. The Morgan fingerprint density at radius 1 is 0.812 bits per heavy atom. The van der Waals surface area contributed by atoms with Crippen molar-refractivity contribution in [3.63, 3.8) is 0 Å². The van der Waals surface area contributed by atoms with Crippen LogP contribution in [0.4, 0.5) is 26.3 Å². The van der Waals surface area contributed by atoms with Crippen molar-refractivity contribution >= 4 is 0 Å². The summed E-state index contributed by atoms with van der Waals surface area (Å²) < 4.78 is 79.6. The SMILES string of the molecule is CCC(OC(C)(C)C)(C(F)(F)F)C(F)(F)F. The lowest BCUT2D eigenvalue weighted by molar-refractivity contribution is -0.399. The summed E-state index contributed by atoms with van der Waals surface area (Å²) in [5, 5.41) is 0. The minimum absolute atomic E-state index is 0.798. The lowest BCUT2D eigenvalue weighted by Gasteiger charge is -2.40. The zero-order valence-corrected chi connectivity index (χ0v) is 9.38. The molecule has 0 amide bonds. The van der Waals surface area contributed by atoms with E-state index in [1.165, 1.54) is 0 Å². The Kier molecular flexibility index (Phi) is 3.97. The highest BCUT2D eigenvalue weighted by molar-refractivity contribution is 4.96.